The van der Waals surface area contributed by atoms with Crippen molar-refractivity contribution in [2.45, 2.75) is 55.7 Å². The maximum atomic E-state index is 10.9. The van der Waals surface area contributed by atoms with Crippen LogP contribution >= 0.6 is 0 Å². The zero-order valence-electron chi connectivity index (χ0n) is 10.6. The van der Waals surface area contributed by atoms with E-state index in [4.69, 9.17) is 5.73 Å². The largest absolute Gasteiger partial charge is 0.388 e. The van der Waals surface area contributed by atoms with Gasteiger partial charge in [-0.25, -0.2) is 0 Å². The number of hydrogen-bond donors (Lipinski definition) is 3. The fourth-order valence-corrected chi connectivity index (χ4v) is 3.53. The van der Waals surface area contributed by atoms with Crippen LogP contribution in [0.15, 0.2) is 0 Å². The lowest BCUT2D eigenvalue weighted by Gasteiger charge is -2.51. The summed E-state index contributed by atoms with van der Waals surface area (Å²) in [5, 5.41) is 14.2. The summed E-state index contributed by atoms with van der Waals surface area (Å²) in [4.78, 5) is 2.54. The van der Waals surface area contributed by atoms with E-state index in [-0.39, 0.29) is 5.54 Å². The van der Waals surface area contributed by atoms with E-state index in [0.717, 1.165) is 57.9 Å². The van der Waals surface area contributed by atoms with Crippen LogP contribution in [0.1, 0.15) is 38.5 Å². The van der Waals surface area contributed by atoms with Gasteiger partial charge in [-0.2, -0.15) is 0 Å². The number of nitrogens with two attached hydrogens (primary N) is 1. The summed E-state index contributed by atoms with van der Waals surface area (Å²) in [5.74, 6) is 0. The summed E-state index contributed by atoms with van der Waals surface area (Å²) in [7, 11) is 0. The summed E-state index contributed by atoms with van der Waals surface area (Å²) >= 11 is 0. The molecule has 0 unspecified atom stereocenters. The Bertz CT molecular complexity index is 276. The standard InChI is InChI=1S/C13H25N3O/c14-12(3-7-15-8-4-12)13(17)5-9-16(10-6-13)11-1-2-11/h11,15,17H,1-10,14H2. The molecule has 98 valence electrons. The predicted octanol–water partition coefficient (Wildman–Crippen LogP) is 0.0566. The van der Waals surface area contributed by atoms with Crippen molar-refractivity contribution >= 4 is 0 Å². The van der Waals surface area contributed by atoms with E-state index in [1.807, 2.05) is 0 Å². The van der Waals surface area contributed by atoms with E-state index in [2.05, 4.69) is 10.2 Å². The molecule has 3 fully saturated rings. The van der Waals surface area contributed by atoms with Gasteiger partial charge in [-0.15, -0.1) is 0 Å². The first-order chi connectivity index (χ1) is 8.13. The Morgan fingerprint density at radius 3 is 2.18 bits per heavy atom. The van der Waals surface area contributed by atoms with E-state index in [1.165, 1.54) is 12.8 Å². The SMILES string of the molecule is NC1(C2(O)CCN(C3CC3)CC2)CCNCC1. The number of aliphatic hydroxyl groups is 1. The van der Waals surface area contributed by atoms with Crippen molar-refractivity contribution in [3.8, 4) is 0 Å². The highest BCUT2D eigenvalue weighted by Crippen LogP contribution is 2.39. The molecule has 17 heavy (non-hydrogen) atoms. The minimum Gasteiger partial charge on any atom is -0.388 e. The third-order valence-corrected chi connectivity index (χ3v) is 5.11. The van der Waals surface area contributed by atoms with E-state index in [9.17, 15) is 5.11 Å². The van der Waals surface area contributed by atoms with Crippen LogP contribution in [0.5, 0.6) is 0 Å². The lowest BCUT2D eigenvalue weighted by molar-refractivity contribution is -0.0908. The van der Waals surface area contributed by atoms with Crippen LogP contribution in [-0.4, -0.2) is 53.4 Å². The molecule has 0 radical (unpaired) electrons. The second-order valence-electron chi connectivity index (χ2n) is 6.20. The smallest absolute Gasteiger partial charge is 0.0851 e. The third-order valence-electron chi connectivity index (χ3n) is 5.11. The summed E-state index contributed by atoms with van der Waals surface area (Å²) in [6, 6.07) is 0.821. The summed E-state index contributed by atoms with van der Waals surface area (Å²) in [6.07, 6.45) is 6.26. The Labute approximate surface area is 104 Å². The number of nitrogens with one attached hydrogen (secondary N) is 1. The molecule has 3 rings (SSSR count). The van der Waals surface area contributed by atoms with Crippen molar-refractivity contribution in [3.63, 3.8) is 0 Å². The summed E-state index contributed by atoms with van der Waals surface area (Å²) in [6.45, 7) is 3.97. The van der Waals surface area contributed by atoms with E-state index < -0.39 is 5.60 Å². The Balaban J connectivity index is 1.65. The average molecular weight is 239 g/mol. The van der Waals surface area contributed by atoms with E-state index in [1.54, 1.807) is 0 Å². The highest BCUT2D eigenvalue weighted by Gasteiger charge is 2.50. The molecule has 0 bridgehead atoms. The quantitative estimate of drug-likeness (QED) is 0.637. The van der Waals surface area contributed by atoms with Gasteiger partial charge in [-0.1, -0.05) is 0 Å². The Morgan fingerprint density at radius 1 is 1.06 bits per heavy atom. The van der Waals surface area contributed by atoms with Crippen LogP contribution in [0, 0.1) is 0 Å². The van der Waals surface area contributed by atoms with Gasteiger partial charge >= 0.3 is 0 Å². The molecule has 4 heteroatoms. The molecular weight excluding hydrogens is 214 g/mol. The fourth-order valence-electron chi connectivity index (χ4n) is 3.53. The maximum Gasteiger partial charge on any atom is 0.0851 e. The third kappa shape index (κ3) is 2.12. The average Bonchev–Trinajstić information content (AvgIpc) is 3.15. The molecule has 0 aromatic carbocycles. The van der Waals surface area contributed by atoms with Gasteiger partial charge in [0.15, 0.2) is 0 Å². The van der Waals surface area contributed by atoms with Gasteiger partial charge in [-0.05, 0) is 51.6 Å². The highest BCUT2D eigenvalue weighted by molar-refractivity contribution is 5.08. The molecule has 4 nitrogen and oxygen atoms in total. The van der Waals surface area contributed by atoms with Crippen LogP contribution in [0.3, 0.4) is 0 Å². The Morgan fingerprint density at radius 2 is 1.65 bits per heavy atom. The number of nitrogens with zero attached hydrogens (tertiary/aromatic N) is 1. The molecule has 0 aromatic heterocycles. The molecule has 1 aliphatic carbocycles. The molecule has 0 atom stereocenters. The van der Waals surface area contributed by atoms with Crippen molar-refractivity contribution in [1.82, 2.24) is 10.2 Å². The molecule has 2 heterocycles. The zero-order chi connectivity index (χ0) is 11.9. The van der Waals surface area contributed by atoms with Crippen LogP contribution in [0.2, 0.25) is 0 Å². The van der Waals surface area contributed by atoms with Crippen molar-refractivity contribution in [3.05, 3.63) is 0 Å². The Hall–Kier alpha value is -0.160. The van der Waals surface area contributed by atoms with Gasteiger partial charge in [0.05, 0.1) is 5.60 Å². The van der Waals surface area contributed by atoms with Gasteiger partial charge in [-0.3, -0.25) is 0 Å². The molecule has 0 amide bonds. The number of rotatable bonds is 2. The topological polar surface area (TPSA) is 61.5 Å². The monoisotopic (exact) mass is 239 g/mol. The first kappa shape index (κ1) is 11.9. The normalized spacial score (nSPS) is 33.5. The highest BCUT2D eigenvalue weighted by atomic mass is 16.3. The molecule has 0 aromatic rings. The summed E-state index contributed by atoms with van der Waals surface area (Å²) < 4.78 is 0. The van der Waals surface area contributed by atoms with Crippen molar-refractivity contribution in [2.24, 2.45) is 5.73 Å². The van der Waals surface area contributed by atoms with Crippen LogP contribution in [0.4, 0.5) is 0 Å². The second-order valence-corrected chi connectivity index (χ2v) is 6.20. The second kappa shape index (κ2) is 4.19. The first-order valence-corrected chi connectivity index (χ1v) is 7.09. The molecule has 2 saturated heterocycles. The molecular formula is C13H25N3O. The van der Waals surface area contributed by atoms with Gasteiger partial charge < -0.3 is 21.1 Å². The van der Waals surface area contributed by atoms with Crippen LogP contribution in [0.25, 0.3) is 0 Å². The summed E-state index contributed by atoms with van der Waals surface area (Å²) in [5.41, 5.74) is 5.52. The van der Waals surface area contributed by atoms with E-state index in [0.29, 0.717) is 0 Å². The van der Waals surface area contributed by atoms with Crippen molar-refractivity contribution in [1.29, 1.82) is 0 Å². The van der Waals surface area contributed by atoms with Gasteiger partial charge in [0.1, 0.15) is 0 Å². The number of hydrogen-bond acceptors (Lipinski definition) is 4. The van der Waals surface area contributed by atoms with Gasteiger partial charge in [0.2, 0.25) is 0 Å². The fraction of sp³-hybridized carbons (Fsp3) is 1.00. The lowest BCUT2D eigenvalue weighted by atomic mass is 9.69. The molecule has 2 aliphatic heterocycles. The predicted molar refractivity (Wildman–Crippen MR) is 67.8 cm³/mol. The van der Waals surface area contributed by atoms with Crippen molar-refractivity contribution < 1.29 is 5.11 Å². The van der Waals surface area contributed by atoms with Crippen molar-refractivity contribution in [2.75, 3.05) is 26.2 Å². The number of likely N-dealkylation sites (tertiary alicyclic amines) is 1. The Kier molecular flexibility index (Phi) is 2.94. The zero-order valence-corrected chi connectivity index (χ0v) is 10.6. The minimum absolute atomic E-state index is 0.353. The van der Waals surface area contributed by atoms with Gasteiger partial charge in [0.25, 0.3) is 0 Å². The van der Waals surface area contributed by atoms with Gasteiger partial charge in [0, 0.05) is 24.7 Å². The van der Waals surface area contributed by atoms with E-state index >= 15 is 0 Å². The maximum absolute atomic E-state index is 10.9. The molecule has 3 aliphatic rings. The lowest BCUT2D eigenvalue weighted by Crippen LogP contribution is -2.67. The first-order valence-electron chi connectivity index (χ1n) is 7.09. The molecule has 4 N–H and O–H groups in total. The minimum atomic E-state index is -0.625. The molecule has 1 saturated carbocycles. The van der Waals surface area contributed by atoms with Crippen LogP contribution < -0.4 is 11.1 Å². The number of piperidine rings is 2. The molecule has 0 spiro atoms. The van der Waals surface area contributed by atoms with Crippen LogP contribution in [-0.2, 0) is 0 Å².